The molecule has 2 aromatic heterocycles. The van der Waals surface area contributed by atoms with Gasteiger partial charge in [-0.2, -0.15) is 0 Å². The second-order valence-corrected chi connectivity index (χ2v) is 8.24. The van der Waals surface area contributed by atoms with Crippen molar-refractivity contribution in [1.29, 1.82) is 0 Å². The van der Waals surface area contributed by atoms with Crippen LogP contribution in [0.5, 0.6) is 0 Å². The number of aromatic carboxylic acids is 1. The zero-order valence-corrected chi connectivity index (χ0v) is 14.4. The zero-order chi connectivity index (χ0) is 15.1. The highest BCUT2D eigenvalue weighted by molar-refractivity contribution is 9.12. The first-order valence-electron chi connectivity index (χ1n) is 5.85. The Morgan fingerprint density at radius 2 is 2.10 bits per heavy atom. The van der Waals surface area contributed by atoms with Gasteiger partial charge in [0.1, 0.15) is 0 Å². The second-order valence-electron chi connectivity index (χ2n) is 4.49. The lowest BCUT2D eigenvalue weighted by Gasteiger charge is -2.38. The van der Waals surface area contributed by atoms with Crippen molar-refractivity contribution in [3.05, 3.63) is 31.1 Å². The highest BCUT2D eigenvalue weighted by Gasteiger charge is 2.34. The summed E-state index contributed by atoms with van der Waals surface area (Å²) in [6.07, 6.45) is 1.38. The second kappa shape index (κ2) is 5.50. The summed E-state index contributed by atoms with van der Waals surface area (Å²) in [6, 6.07) is 1.75. The summed E-state index contributed by atoms with van der Waals surface area (Å²) < 4.78 is 3.17. The Hall–Kier alpha value is -1.26. The van der Waals surface area contributed by atoms with E-state index in [4.69, 9.17) is 5.11 Å². The van der Waals surface area contributed by atoms with Gasteiger partial charge in [-0.05, 0) is 37.9 Å². The number of carbonyl (C=O) groups is 2. The summed E-state index contributed by atoms with van der Waals surface area (Å²) in [5.41, 5.74) is 0.527. The molecule has 0 spiro atoms. The van der Waals surface area contributed by atoms with E-state index in [2.05, 4.69) is 42.2 Å². The third-order valence-corrected chi connectivity index (χ3v) is 5.48. The molecule has 0 aromatic carbocycles. The van der Waals surface area contributed by atoms with Crippen molar-refractivity contribution < 1.29 is 14.7 Å². The minimum absolute atomic E-state index is 0.0320. The summed E-state index contributed by atoms with van der Waals surface area (Å²) in [7, 11) is 0. The fourth-order valence-electron chi connectivity index (χ4n) is 2.00. The van der Waals surface area contributed by atoms with Gasteiger partial charge in [0.05, 0.1) is 25.4 Å². The number of carboxylic acids is 1. The molecule has 1 aliphatic heterocycles. The Morgan fingerprint density at radius 3 is 2.62 bits per heavy atom. The van der Waals surface area contributed by atoms with Crippen LogP contribution < -0.4 is 0 Å². The third kappa shape index (κ3) is 2.74. The van der Waals surface area contributed by atoms with Crippen molar-refractivity contribution >= 4 is 55.1 Å². The summed E-state index contributed by atoms with van der Waals surface area (Å²) >= 11 is 8.16. The molecule has 0 atom stereocenters. The van der Waals surface area contributed by atoms with Crippen molar-refractivity contribution in [2.45, 2.75) is 6.04 Å². The van der Waals surface area contributed by atoms with Gasteiger partial charge in [-0.3, -0.25) is 4.79 Å². The van der Waals surface area contributed by atoms with Crippen LogP contribution in [0.4, 0.5) is 0 Å². The molecule has 0 aliphatic carbocycles. The number of halogens is 2. The van der Waals surface area contributed by atoms with Gasteiger partial charge < -0.3 is 10.0 Å². The van der Waals surface area contributed by atoms with Gasteiger partial charge in [-0.1, -0.05) is 5.21 Å². The van der Waals surface area contributed by atoms with Crippen LogP contribution in [0.15, 0.2) is 19.8 Å². The van der Waals surface area contributed by atoms with Crippen molar-refractivity contribution in [1.82, 2.24) is 19.9 Å². The van der Waals surface area contributed by atoms with Crippen LogP contribution in [0.25, 0.3) is 0 Å². The first-order chi connectivity index (χ1) is 9.95. The molecule has 0 bridgehead atoms. The van der Waals surface area contributed by atoms with E-state index in [1.807, 2.05) is 0 Å². The van der Waals surface area contributed by atoms with Gasteiger partial charge in [0, 0.05) is 13.1 Å². The smallest absolute Gasteiger partial charge is 0.358 e. The van der Waals surface area contributed by atoms with E-state index in [-0.39, 0.29) is 17.6 Å². The number of likely N-dealkylation sites (tertiary alicyclic amines) is 1. The molecular formula is C11H8Br2N4O3S. The number of carboxylic acid groups (broad SMARTS) is 1. The van der Waals surface area contributed by atoms with Crippen molar-refractivity contribution in [2.24, 2.45) is 0 Å². The van der Waals surface area contributed by atoms with Crippen LogP contribution in [0, 0.1) is 0 Å². The Balaban J connectivity index is 1.66. The van der Waals surface area contributed by atoms with E-state index in [0.717, 1.165) is 7.57 Å². The van der Waals surface area contributed by atoms with E-state index >= 15 is 0 Å². The van der Waals surface area contributed by atoms with E-state index in [1.54, 1.807) is 11.0 Å². The predicted molar refractivity (Wildman–Crippen MR) is 81.6 cm³/mol. The number of amides is 1. The maximum atomic E-state index is 12.3. The average Bonchev–Trinajstić information content (AvgIpc) is 2.94. The van der Waals surface area contributed by atoms with Crippen molar-refractivity contribution in [3.8, 4) is 0 Å². The molecule has 1 aliphatic rings. The molecule has 3 rings (SSSR count). The Morgan fingerprint density at radius 1 is 1.38 bits per heavy atom. The van der Waals surface area contributed by atoms with Gasteiger partial charge in [0.15, 0.2) is 5.69 Å². The SMILES string of the molecule is O=C(O)c1cn(C2CN(C(=O)c3cc(Br)sc3Br)C2)nn1. The van der Waals surface area contributed by atoms with Crippen LogP contribution in [0.1, 0.15) is 26.9 Å². The first-order valence-corrected chi connectivity index (χ1v) is 8.25. The standard InChI is InChI=1S/C11H8Br2N4O3S/c12-8-1-6(9(13)21-8)10(18)16-2-5(3-16)17-4-7(11(19)20)14-15-17/h1,4-5H,2-3H2,(H,19,20). The fraction of sp³-hybridized carbons (Fsp3) is 0.273. The van der Waals surface area contributed by atoms with Crippen molar-refractivity contribution in [3.63, 3.8) is 0 Å². The number of hydrogen-bond donors (Lipinski definition) is 1. The van der Waals surface area contributed by atoms with E-state index in [9.17, 15) is 9.59 Å². The predicted octanol–water partition coefficient (Wildman–Crippen LogP) is 2.26. The van der Waals surface area contributed by atoms with E-state index in [0.29, 0.717) is 18.7 Å². The van der Waals surface area contributed by atoms with Crippen LogP contribution >= 0.6 is 43.2 Å². The number of thiophene rings is 1. The highest BCUT2D eigenvalue weighted by atomic mass is 79.9. The van der Waals surface area contributed by atoms with E-state index in [1.165, 1.54) is 22.2 Å². The molecule has 110 valence electrons. The van der Waals surface area contributed by atoms with Crippen molar-refractivity contribution in [2.75, 3.05) is 13.1 Å². The van der Waals surface area contributed by atoms with Gasteiger partial charge in [0.2, 0.25) is 0 Å². The quantitative estimate of drug-likeness (QED) is 0.798. The largest absolute Gasteiger partial charge is 0.476 e. The van der Waals surface area contributed by atoms with Gasteiger partial charge in [0.25, 0.3) is 5.91 Å². The van der Waals surface area contributed by atoms with Crippen LogP contribution in [-0.4, -0.2) is 50.0 Å². The summed E-state index contributed by atoms with van der Waals surface area (Å²) in [5, 5.41) is 16.1. The molecule has 0 radical (unpaired) electrons. The van der Waals surface area contributed by atoms with Gasteiger partial charge >= 0.3 is 5.97 Å². The highest BCUT2D eigenvalue weighted by Crippen LogP contribution is 2.34. The Kier molecular flexibility index (Phi) is 3.84. The molecule has 1 amide bonds. The number of nitrogens with zero attached hydrogens (tertiary/aromatic N) is 4. The van der Waals surface area contributed by atoms with E-state index < -0.39 is 5.97 Å². The number of aromatic nitrogens is 3. The molecule has 21 heavy (non-hydrogen) atoms. The molecule has 7 nitrogen and oxygen atoms in total. The maximum absolute atomic E-state index is 12.3. The summed E-state index contributed by atoms with van der Waals surface area (Å²) in [6.45, 7) is 0.975. The molecule has 3 heterocycles. The average molecular weight is 436 g/mol. The topological polar surface area (TPSA) is 88.3 Å². The number of hydrogen-bond acceptors (Lipinski definition) is 5. The van der Waals surface area contributed by atoms with Crippen LogP contribution in [0.2, 0.25) is 0 Å². The number of rotatable bonds is 3. The molecular weight excluding hydrogens is 428 g/mol. The lowest BCUT2D eigenvalue weighted by atomic mass is 10.1. The summed E-state index contributed by atoms with van der Waals surface area (Å²) in [4.78, 5) is 24.7. The molecule has 1 saturated heterocycles. The monoisotopic (exact) mass is 434 g/mol. The molecule has 0 saturated carbocycles. The lowest BCUT2D eigenvalue weighted by Crippen LogP contribution is -2.50. The van der Waals surface area contributed by atoms with Gasteiger partial charge in [-0.25, -0.2) is 9.48 Å². The Bertz CT molecular complexity index is 723. The maximum Gasteiger partial charge on any atom is 0.358 e. The minimum atomic E-state index is -1.11. The molecule has 10 heteroatoms. The molecule has 0 unspecified atom stereocenters. The molecule has 1 N–H and O–H groups in total. The fourth-order valence-corrected chi connectivity index (χ4v) is 4.78. The number of carbonyl (C=O) groups excluding carboxylic acids is 1. The zero-order valence-electron chi connectivity index (χ0n) is 10.4. The summed E-state index contributed by atoms with van der Waals surface area (Å²) in [5.74, 6) is -1.17. The Labute approximate surface area is 139 Å². The van der Waals surface area contributed by atoms with Crippen LogP contribution in [-0.2, 0) is 0 Å². The molecule has 2 aromatic rings. The normalized spacial score (nSPS) is 15.0. The third-order valence-electron chi connectivity index (χ3n) is 3.14. The first kappa shape index (κ1) is 14.7. The molecule has 1 fully saturated rings. The van der Waals surface area contributed by atoms with Crippen LogP contribution in [0.3, 0.4) is 0 Å². The lowest BCUT2D eigenvalue weighted by molar-refractivity contribution is 0.0497. The minimum Gasteiger partial charge on any atom is -0.476 e. The van der Waals surface area contributed by atoms with Gasteiger partial charge in [-0.15, -0.1) is 16.4 Å².